The monoisotopic (exact) mass is 272 g/mol. The second kappa shape index (κ2) is 6.61. The number of ether oxygens (including phenoxy) is 1. The van der Waals surface area contributed by atoms with Gasteiger partial charge in [0.2, 0.25) is 10.0 Å². The van der Waals surface area contributed by atoms with Gasteiger partial charge in [0.25, 0.3) is 0 Å². The summed E-state index contributed by atoms with van der Waals surface area (Å²) in [5.41, 5.74) is 6.13. The first-order chi connectivity index (χ1) is 8.45. The molecule has 102 valence electrons. The van der Waals surface area contributed by atoms with Gasteiger partial charge in [0.15, 0.2) is 0 Å². The molecule has 0 bridgehead atoms. The summed E-state index contributed by atoms with van der Waals surface area (Å²) < 4.78 is 27.9. The summed E-state index contributed by atoms with van der Waals surface area (Å²) in [6.45, 7) is 2.66. The maximum atomic E-state index is 11.2. The van der Waals surface area contributed by atoms with Crippen LogP contribution in [0.25, 0.3) is 0 Å². The van der Waals surface area contributed by atoms with Gasteiger partial charge in [-0.1, -0.05) is 26.2 Å². The van der Waals surface area contributed by atoms with Crippen molar-refractivity contribution < 1.29 is 13.2 Å². The molecule has 0 radical (unpaired) electrons. The molecule has 4 N–H and O–H groups in total. The molecule has 1 aromatic carbocycles. The van der Waals surface area contributed by atoms with Gasteiger partial charge in [-0.15, -0.1) is 0 Å². The van der Waals surface area contributed by atoms with Crippen LogP contribution >= 0.6 is 0 Å². The van der Waals surface area contributed by atoms with Gasteiger partial charge in [0.05, 0.1) is 17.2 Å². The van der Waals surface area contributed by atoms with Crippen molar-refractivity contribution in [2.75, 3.05) is 12.3 Å². The molecule has 0 spiro atoms. The minimum Gasteiger partial charge on any atom is -0.491 e. The lowest BCUT2D eigenvalue weighted by molar-refractivity contribution is 0.306. The smallest absolute Gasteiger partial charge is 0.238 e. The molecule has 0 aliphatic carbocycles. The highest BCUT2D eigenvalue weighted by Gasteiger charge is 2.10. The van der Waals surface area contributed by atoms with Crippen LogP contribution in [-0.2, 0) is 10.0 Å². The number of rotatable bonds is 7. The molecule has 0 saturated carbocycles. The lowest BCUT2D eigenvalue weighted by atomic mass is 10.2. The SMILES string of the molecule is CCCCCCOc1cc(S(N)(=O)=O)ccc1N. The van der Waals surface area contributed by atoms with Crippen LogP contribution in [0.5, 0.6) is 5.75 Å². The van der Waals surface area contributed by atoms with E-state index in [1.807, 2.05) is 0 Å². The van der Waals surface area contributed by atoms with E-state index in [1.165, 1.54) is 18.2 Å². The fourth-order valence-electron chi connectivity index (χ4n) is 1.53. The zero-order valence-electron chi connectivity index (χ0n) is 10.6. The summed E-state index contributed by atoms with van der Waals surface area (Å²) in [6.07, 6.45) is 4.33. The van der Waals surface area contributed by atoms with E-state index in [4.69, 9.17) is 15.6 Å². The maximum Gasteiger partial charge on any atom is 0.238 e. The Bertz CT molecular complexity index is 486. The quantitative estimate of drug-likeness (QED) is 0.585. The molecule has 0 aliphatic rings. The van der Waals surface area contributed by atoms with Crippen LogP contribution in [0.2, 0.25) is 0 Å². The van der Waals surface area contributed by atoms with Crippen molar-refractivity contribution in [3.63, 3.8) is 0 Å². The van der Waals surface area contributed by atoms with Gasteiger partial charge in [0.1, 0.15) is 5.75 Å². The van der Waals surface area contributed by atoms with Crippen molar-refractivity contribution in [1.82, 2.24) is 0 Å². The number of sulfonamides is 1. The lowest BCUT2D eigenvalue weighted by Crippen LogP contribution is -2.12. The van der Waals surface area contributed by atoms with Crippen LogP contribution in [0.4, 0.5) is 5.69 Å². The average molecular weight is 272 g/mol. The highest BCUT2D eigenvalue weighted by molar-refractivity contribution is 7.89. The van der Waals surface area contributed by atoms with Crippen molar-refractivity contribution >= 4 is 15.7 Å². The van der Waals surface area contributed by atoms with E-state index in [9.17, 15) is 8.42 Å². The second-order valence-corrected chi connectivity index (χ2v) is 5.72. The summed E-state index contributed by atoms with van der Waals surface area (Å²) >= 11 is 0. The number of anilines is 1. The molecule has 1 aromatic rings. The fraction of sp³-hybridized carbons (Fsp3) is 0.500. The zero-order chi connectivity index (χ0) is 13.6. The Hall–Kier alpha value is -1.27. The van der Waals surface area contributed by atoms with Gasteiger partial charge in [-0.3, -0.25) is 0 Å². The summed E-state index contributed by atoms with van der Waals surface area (Å²) in [7, 11) is -3.72. The van der Waals surface area contributed by atoms with E-state index in [0.717, 1.165) is 25.7 Å². The Morgan fingerprint density at radius 3 is 2.56 bits per heavy atom. The first kappa shape index (κ1) is 14.8. The molecule has 1 rings (SSSR count). The fourth-order valence-corrected chi connectivity index (χ4v) is 2.06. The molecular formula is C12H20N2O3S. The van der Waals surface area contributed by atoms with E-state index in [0.29, 0.717) is 18.0 Å². The molecule has 0 aliphatic heterocycles. The highest BCUT2D eigenvalue weighted by Crippen LogP contribution is 2.24. The van der Waals surface area contributed by atoms with Gasteiger partial charge >= 0.3 is 0 Å². The molecule has 0 heterocycles. The summed E-state index contributed by atoms with van der Waals surface area (Å²) in [6, 6.07) is 4.22. The van der Waals surface area contributed by atoms with Gasteiger partial charge in [-0.2, -0.15) is 0 Å². The van der Waals surface area contributed by atoms with Crippen LogP contribution in [0.3, 0.4) is 0 Å². The van der Waals surface area contributed by atoms with Gasteiger partial charge < -0.3 is 10.5 Å². The van der Waals surface area contributed by atoms with Gasteiger partial charge in [-0.25, -0.2) is 13.6 Å². The number of benzene rings is 1. The lowest BCUT2D eigenvalue weighted by Gasteiger charge is -2.10. The third-order valence-corrected chi connectivity index (χ3v) is 3.48. The molecule has 0 atom stereocenters. The summed E-state index contributed by atoms with van der Waals surface area (Å²) in [4.78, 5) is 0.0141. The van der Waals surface area contributed by atoms with Gasteiger partial charge in [-0.05, 0) is 18.6 Å². The summed E-state index contributed by atoms with van der Waals surface area (Å²) in [5, 5.41) is 5.05. The number of hydrogen-bond donors (Lipinski definition) is 2. The molecule has 5 nitrogen and oxygen atoms in total. The molecule has 0 saturated heterocycles. The first-order valence-electron chi connectivity index (χ1n) is 6.00. The van der Waals surface area contributed by atoms with Crippen LogP contribution in [0.1, 0.15) is 32.6 Å². The van der Waals surface area contributed by atoms with E-state index >= 15 is 0 Å². The van der Waals surface area contributed by atoms with E-state index < -0.39 is 10.0 Å². The van der Waals surface area contributed by atoms with Crippen LogP contribution in [-0.4, -0.2) is 15.0 Å². The average Bonchev–Trinajstić information content (AvgIpc) is 2.29. The predicted molar refractivity (Wildman–Crippen MR) is 71.9 cm³/mol. The number of unbranched alkanes of at least 4 members (excludes halogenated alkanes) is 3. The first-order valence-corrected chi connectivity index (χ1v) is 7.55. The Kier molecular flexibility index (Phi) is 5.43. The Balaban J connectivity index is 2.65. The molecule has 18 heavy (non-hydrogen) atoms. The van der Waals surface area contributed by atoms with E-state index in [1.54, 1.807) is 0 Å². The maximum absolute atomic E-state index is 11.2. The minimum absolute atomic E-state index is 0.0141. The Morgan fingerprint density at radius 2 is 1.94 bits per heavy atom. The highest BCUT2D eigenvalue weighted by atomic mass is 32.2. The third-order valence-electron chi connectivity index (χ3n) is 2.57. The minimum atomic E-state index is -3.72. The normalized spacial score (nSPS) is 11.4. The largest absolute Gasteiger partial charge is 0.491 e. The van der Waals surface area contributed by atoms with E-state index in [-0.39, 0.29) is 4.90 Å². The van der Waals surface area contributed by atoms with Crippen LogP contribution < -0.4 is 15.6 Å². The number of primary sulfonamides is 1. The Labute approximate surface area is 108 Å². The molecule has 0 aromatic heterocycles. The number of nitrogens with two attached hydrogens (primary N) is 2. The second-order valence-electron chi connectivity index (χ2n) is 4.15. The standard InChI is InChI=1S/C12H20N2O3S/c1-2-3-4-5-8-17-12-9-10(18(14,15)16)6-7-11(12)13/h6-7,9H,2-5,8,13H2,1H3,(H2,14,15,16). The molecule has 0 fully saturated rings. The topological polar surface area (TPSA) is 95.4 Å². The Morgan fingerprint density at radius 1 is 1.22 bits per heavy atom. The van der Waals surface area contributed by atoms with Crippen LogP contribution in [0.15, 0.2) is 23.1 Å². The van der Waals surface area contributed by atoms with Crippen LogP contribution in [0, 0.1) is 0 Å². The van der Waals surface area contributed by atoms with Crippen molar-refractivity contribution in [3.05, 3.63) is 18.2 Å². The molecular weight excluding hydrogens is 252 g/mol. The molecule has 0 unspecified atom stereocenters. The van der Waals surface area contributed by atoms with Crippen molar-refractivity contribution in [1.29, 1.82) is 0 Å². The number of nitrogen functional groups attached to an aromatic ring is 1. The zero-order valence-corrected chi connectivity index (χ0v) is 11.4. The number of hydrogen-bond acceptors (Lipinski definition) is 4. The van der Waals surface area contributed by atoms with E-state index in [2.05, 4.69) is 6.92 Å². The van der Waals surface area contributed by atoms with Gasteiger partial charge in [0, 0.05) is 6.07 Å². The van der Waals surface area contributed by atoms with Crippen molar-refractivity contribution in [2.24, 2.45) is 5.14 Å². The van der Waals surface area contributed by atoms with Crippen molar-refractivity contribution in [3.8, 4) is 5.75 Å². The summed E-state index contributed by atoms with van der Waals surface area (Å²) in [5.74, 6) is 0.373. The van der Waals surface area contributed by atoms with Crippen molar-refractivity contribution in [2.45, 2.75) is 37.5 Å². The molecule has 0 amide bonds. The third kappa shape index (κ3) is 4.54. The predicted octanol–water partition coefficient (Wildman–Crippen LogP) is 1.88. The molecule has 6 heteroatoms.